The van der Waals surface area contributed by atoms with Crippen LogP contribution < -0.4 is 10.1 Å². The van der Waals surface area contributed by atoms with Gasteiger partial charge in [-0.25, -0.2) is 0 Å². The summed E-state index contributed by atoms with van der Waals surface area (Å²) in [5.74, 6) is -0.583. The maximum atomic E-state index is 12.2. The number of carbonyl (C=O) groups is 2. The molecule has 0 aromatic heterocycles. The summed E-state index contributed by atoms with van der Waals surface area (Å²) in [7, 11) is 0. The Morgan fingerprint density at radius 1 is 1.24 bits per heavy atom. The summed E-state index contributed by atoms with van der Waals surface area (Å²) in [6.07, 6.45) is 0.475. The number of benzene rings is 2. The molecule has 1 unspecified atom stereocenters. The summed E-state index contributed by atoms with van der Waals surface area (Å²) in [4.78, 5) is 24.1. The number of carbonyl (C=O) groups excluding carboxylic acids is 2. The Hall–Kier alpha value is -2.05. The molecule has 1 heterocycles. The molecule has 25 heavy (non-hydrogen) atoms. The lowest BCUT2D eigenvalue weighted by Gasteiger charge is -2.24. The van der Waals surface area contributed by atoms with E-state index >= 15 is 0 Å². The highest BCUT2D eigenvalue weighted by atomic mass is 79.9. The summed E-state index contributed by atoms with van der Waals surface area (Å²) in [5.41, 5.74) is 1.49. The molecular formula is C18H15BrClNO4. The van der Waals surface area contributed by atoms with E-state index in [9.17, 15) is 9.59 Å². The minimum atomic E-state index is -0.461. The van der Waals surface area contributed by atoms with Crippen LogP contribution >= 0.6 is 27.5 Å². The first-order valence-electron chi connectivity index (χ1n) is 7.64. The number of amides is 1. The maximum absolute atomic E-state index is 12.2. The average molecular weight is 425 g/mol. The molecule has 0 fully saturated rings. The van der Waals surface area contributed by atoms with Gasteiger partial charge in [-0.3, -0.25) is 9.59 Å². The van der Waals surface area contributed by atoms with E-state index in [0.29, 0.717) is 17.1 Å². The molecule has 0 bridgehead atoms. The molecule has 2 aromatic rings. The van der Waals surface area contributed by atoms with Gasteiger partial charge >= 0.3 is 5.97 Å². The van der Waals surface area contributed by atoms with Crippen LogP contribution in [-0.4, -0.2) is 25.1 Å². The molecule has 0 saturated carbocycles. The van der Waals surface area contributed by atoms with E-state index in [1.165, 1.54) is 0 Å². The van der Waals surface area contributed by atoms with Gasteiger partial charge in [-0.05, 0) is 54.4 Å². The van der Waals surface area contributed by atoms with Crippen LogP contribution in [0.4, 0.5) is 5.69 Å². The average Bonchev–Trinajstić information content (AvgIpc) is 2.61. The van der Waals surface area contributed by atoms with Gasteiger partial charge in [-0.2, -0.15) is 0 Å². The van der Waals surface area contributed by atoms with E-state index in [-0.39, 0.29) is 13.2 Å². The Morgan fingerprint density at radius 2 is 2.00 bits per heavy atom. The second-order valence-corrected chi connectivity index (χ2v) is 6.98. The number of hydrogen-bond donors (Lipinski definition) is 1. The molecule has 1 N–H and O–H groups in total. The van der Waals surface area contributed by atoms with Crippen molar-refractivity contribution in [2.75, 3.05) is 18.5 Å². The lowest BCUT2D eigenvalue weighted by atomic mass is 9.97. The summed E-state index contributed by atoms with van der Waals surface area (Å²) < 4.78 is 11.6. The van der Waals surface area contributed by atoms with Gasteiger partial charge < -0.3 is 14.8 Å². The molecule has 130 valence electrons. The second-order valence-electron chi connectivity index (χ2n) is 5.63. The van der Waals surface area contributed by atoms with Crippen LogP contribution in [0.5, 0.6) is 5.75 Å². The Bertz CT molecular complexity index is 794. The Balaban J connectivity index is 1.51. The first kappa shape index (κ1) is 17.8. The third kappa shape index (κ3) is 4.74. The van der Waals surface area contributed by atoms with Crippen molar-refractivity contribution in [2.24, 2.45) is 5.92 Å². The Morgan fingerprint density at radius 3 is 2.76 bits per heavy atom. The predicted octanol–water partition coefficient (Wildman–Crippen LogP) is 3.84. The fourth-order valence-electron chi connectivity index (χ4n) is 2.50. The van der Waals surface area contributed by atoms with Gasteiger partial charge in [0.05, 0.1) is 5.92 Å². The standard InChI is InChI=1S/C18H15BrClNO4/c19-13-1-4-15(5-2-13)21-17(22)10-25-18(23)12-7-11-8-14(20)3-6-16(11)24-9-12/h1-6,8,12H,7,9-10H2,(H,21,22). The van der Waals surface area contributed by atoms with Crippen LogP contribution in [0.15, 0.2) is 46.9 Å². The van der Waals surface area contributed by atoms with Crippen molar-refractivity contribution >= 4 is 45.1 Å². The number of nitrogens with one attached hydrogen (secondary N) is 1. The first-order valence-corrected chi connectivity index (χ1v) is 8.81. The van der Waals surface area contributed by atoms with E-state index in [1.54, 1.807) is 30.3 Å². The van der Waals surface area contributed by atoms with Gasteiger partial charge in [0.25, 0.3) is 5.91 Å². The smallest absolute Gasteiger partial charge is 0.313 e. The van der Waals surface area contributed by atoms with Gasteiger partial charge in [-0.15, -0.1) is 0 Å². The fourth-order valence-corrected chi connectivity index (χ4v) is 2.96. The van der Waals surface area contributed by atoms with Crippen LogP contribution in [-0.2, 0) is 20.7 Å². The number of rotatable bonds is 4. The van der Waals surface area contributed by atoms with Gasteiger partial charge in [0.15, 0.2) is 6.61 Å². The third-order valence-electron chi connectivity index (χ3n) is 3.74. The minimum Gasteiger partial charge on any atom is -0.492 e. The van der Waals surface area contributed by atoms with Crippen molar-refractivity contribution < 1.29 is 19.1 Å². The van der Waals surface area contributed by atoms with Crippen molar-refractivity contribution in [2.45, 2.75) is 6.42 Å². The fraction of sp³-hybridized carbons (Fsp3) is 0.222. The van der Waals surface area contributed by atoms with E-state index < -0.39 is 17.8 Å². The summed E-state index contributed by atoms with van der Waals surface area (Å²) in [5, 5.41) is 3.25. The van der Waals surface area contributed by atoms with Gasteiger partial charge in [0.2, 0.25) is 0 Å². The van der Waals surface area contributed by atoms with Crippen molar-refractivity contribution in [3.05, 3.63) is 57.5 Å². The molecule has 3 rings (SSSR count). The molecule has 1 amide bonds. The molecule has 0 radical (unpaired) electrons. The van der Waals surface area contributed by atoms with Crippen LogP contribution in [0, 0.1) is 5.92 Å². The topological polar surface area (TPSA) is 64.6 Å². The Labute approximate surface area is 158 Å². The van der Waals surface area contributed by atoms with Gasteiger partial charge in [-0.1, -0.05) is 27.5 Å². The van der Waals surface area contributed by atoms with E-state index in [4.69, 9.17) is 21.1 Å². The lowest BCUT2D eigenvalue weighted by molar-refractivity contribution is -0.152. The number of fused-ring (bicyclic) bond motifs is 1. The first-order chi connectivity index (χ1) is 12.0. The third-order valence-corrected chi connectivity index (χ3v) is 4.50. The summed E-state index contributed by atoms with van der Waals surface area (Å²) >= 11 is 9.29. The number of halogens is 2. The molecule has 1 atom stereocenters. The molecule has 5 nitrogen and oxygen atoms in total. The SMILES string of the molecule is O=C(COC(=O)C1COc2ccc(Cl)cc2C1)Nc1ccc(Br)cc1. The van der Waals surface area contributed by atoms with E-state index in [1.807, 2.05) is 12.1 Å². The van der Waals surface area contributed by atoms with Crippen LogP contribution in [0.2, 0.25) is 5.02 Å². The highest BCUT2D eigenvalue weighted by Gasteiger charge is 2.27. The number of anilines is 1. The molecular weight excluding hydrogens is 410 g/mol. The van der Waals surface area contributed by atoms with Crippen molar-refractivity contribution in [1.29, 1.82) is 0 Å². The van der Waals surface area contributed by atoms with Crippen molar-refractivity contribution in [3.8, 4) is 5.75 Å². The monoisotopic (exact) mass is 423 g/mol. The lowest BCUT2D eigenvalue weighted by Crippen LogP contribution is -2.31. The zero-order valence-corrected chi connectivity index (χ0v) is 15.5. The highest BCUT2D eigenvalue weighted by molar-refractivity contribution is 9.10. The minimum absolute atomic E-state index is 0.224. The number of ether oxygens (including phenoxy) is 2. The molecule has 1 aliphatic rings. The van der Waals surface area contributed by atoms with E-state index in [2.05, 4.69) is 21.2 Å². The van der Waals surface area contributed by atoms with Crippen LogP contribution in [0.3, 0.4) is 0 Å². The quantitative estimate of drug-likeness (QED) is 0.758. The van der Waals surface area contributed by atoms with Gasteiger partial charge in [0.1, 0.15) is 12.4 Å². The molecule has 1 aliphatic heterocycles. The molecule has 2 aromatic carbocycles. The summed E-state index contributed by atoms with van der Waals surface area (Å²) in [6, 6.07) is 12.4. The zero-order valence-electron chi connectivity index (χ0n) is 13.1. The number of esters is 1. The van der Waals surface area contributed by atoms with Crippen molar-refractivity contribution in [1.82, 2.24) is 0 Å². The molecule has 7 heteroatoms. The maximum Gasteiger partial charge on any atom is 0.313 e. The summed E-state index contributed by atoms with van der Waals surface area (Å²) in [6.45, 7) is -0.115. The molecule has 0 spiro atoms. The van der Waals surface area contributed by atoms with Gasteiger partial charge in [0, 0.05) is 15.2 Å². The largest absolute Gasteiger partial charge is 0.492 e. The van der Waals surface area contributed by atoms with Crippen LogP contribution in [0.25, 0.3) is 0 Å². The highest BCUT2D eigenvalue weighted by Crippen LogP contribution is 2.30. The zero-order chi connectivity index (χ0) is 17.8. The molecule has 0 saturated heterocycles. The molecule has 0 aliphatic carbocycles. The normalized spacial score (nSPS) is 15.7. The van der Waals surface area contributed by atoms with Crippen molar-refractivity contribution in [3.63, 3.8) is 0 Å². The Kier molecular flexibility index (Phi) is 5.60. The number of hydrogen-bond acceptors (Lipinski definition) is 4. The second kappa shape index (κ2) is 7.89. The predicted molar refractivity (Wildman–Crippen MR) is 97.9 cm³/mol. The van der Waals surface area contributed by atoms with Crippen LogP contribution in [0.1, 0.15) is 5.56 Å². The van der Waals surface area contributed by atoms with E-state index in [0.717, 1.165) is 15.8 Å².